The molecule has 1 heteroatoms. The number of allylic oxidation sites excluding steroid dienone is 1. The van der Waals surface area contributed by atoms with E-state index in [4.69, 9.17) is 0 Å². The Kier molecular flexibility index (Phi) is 4.78. The standard InChI is InChI=1S/C12H17P/c1-2-3-4-5-8-11-9-6-7-10-12(11)13/h5-10H,2-4,13H2,1H3. The summed E-state index contributed by atoms with van der Waals surface area (Å²) in [5.74, 6) is 0. The van der Waals surface area contributed by atoms with Gasteiger partial charge in [0, 0.05) is 0 Å². The van der Waals surface area contributed by atoms with Crippen LogP contribution in [0, 0.1) is 0 Å². The van der Waals surface area contributed by atoms with E-state index in [2.05, 4.69) is 52.6 Å². The molecular formula is C12H17P. The highest BCUT2D eigenvalue weighted by molar-refractivity contribution is 7.27. The van der Waals surface area contributed by atoms with Gasteiger partial charge in [0.2, 0.25) is 0 Å². The average molecular weight is 192 g/mol. The smallest absolute Gasteiger partial charge is 0.0188 e. The van der Waals surface area contributed by atoms with Gasteiger partial charge < -0.3 is 0 Å². The zero-order valence-corrected chi connectivity index (χ0v) is 9.32. The Labute approximate surface area is 83.3 Å². The number of rotatable bonds is 4. The van der Waals surface area contributed by atoms with E-state index in [0.29, 0.717) is 0 Å². The number of hydrogen-bond donors (Lipinski definition) is 0. The molecule has 0 aliphatic rings. The second-order valence-electron chi connectivity index (χ2n) is 3.17. The van der Waals surface area contributed by atoms with Crippen molar-refractivity contribution in [2.75, 3.05) is 0 Å². The molecule has 1 aromatic rings. The lowest BCUT2D eigenvalue weighted by molar-refractivity contribution is 0.816. The van der Waals surface area contributed by atoms with Gasteiger partial charge in [-0.05, 0) is 17.3 Å². The third-order valence-corrected chi connectivity index (χ3v) is 2.54. The summed E-state index contributed by atoms with van der Waals surface area (Å²) in [6.07, 6.45) is 8.21. The molecule has 0 spiro atoms. The maximum Gasteiger partial charge on any atom is -0.0188 e. The molecule has 1 rings (SSSR count). The molecule has 0 aliphatic heterocycles. The van der Waals surface area contributed by atoms with Crippen molar-refractivity contribution in [3.05, 3.63) is 35.9 Å². The monoisotopic (exact) mass is 192 g/mol. The van der Waals surface area contributed by atoms with Crippen molar-refractivity contribution >= 4 is 20.6 Å². The van der Waals surface area contributed by atoms with Gasteiger partial charge in [0.1, 0.15) is 0 Å². The van der Waals surface area contributed by atoms with Crippen LogP contribution in [0.4, 0.5) is 0 Å². The summed E-state index contributed by atoms with van der Waals surface area (Å²) < 4.78 is 0. The van der Waals surface area contributed by atoms with E-state index in [1.54, 1.807) is 0 Å². The molecule has 1 aromatic carbocycles. The van der Waals surface area contributed by atoms with E-state index < -0.39 is 0 Å². The van der Waals surface area contributed by atoms with Gasteiger partial charge in [-0.2, -0.15) is 0 Å². The maximum atomic E-state index is 2.76. The molecule has 0 saturated carbocycles. The van der Waals surface area contributed by atoms with Crippen LogP contribution >= 0.6 is 9.24 Å². The fourth-order valence-electron chi connectivity index (χ4n) is 1.19. The minimum atomic E-state index is 1.19. The molecule has 0 saturated heterocycles. The lowest BCUT2D eigenvalue weighted by Crippen LogP contribution is -1.93. The van der Waals surface area contributed by atoms with Crippen molar-refractivity contribution in [3.8, 4) is 0 Å². The average Bonchev–Trinajstić information content (AvgIpc) is 2.15. The van der Waals surface area contributed by atoms with Crippen LogP contribution in [0.5, 0.6) is 0 Å². The van der Waals surface area contributed by atoms with Gasteiger partial charge in [0.15, 0.2) is 0 Å². The van der Waals surface area contributed by atoms with Crippen LogP contribution in [0.15, 0.2) is 30.3 Å². The third-order valence-electron chi connectivity index (χ3n) is 2.02. The molecule has 13 heavy (non-hydrogen) atoms. The highest BCUT2D eigenvalue weighted by Crippen LogP contribution is 2.05. The van der Waals surface area contributed by atoms with Crippen LogP contribution in [0.2, 0.25) is 0 Å². The molecule has 0 aromatic heterocycles. The van der Waals surface area contributed by atoms with Gasteiger partial charge in [0.25, 0.3) is 0 Å². The van der Waals surface area contributed by atoms with Crippen LogP contribution in [0.3, 0.4) is 0 Å². The lowest BCUT2D eigenvalue weighted by Gasteiger charge is -1.97. The van der Waals surface area contributed by atoms with Crippen LogP contribution in [-0.4, -0.2) is 0 Å². The fraction of sp³-hybridized carbons (Fsp3) is 0.333. The minimum absolute atomic E-state index is 1.19. The molecule has 1 atom stereocenters. The highest BCUT2D eigenvalue weighted by Gasteiger charge is 1.89. The third kappa shape index (κ3) is 3.74. The number of unbranched alkanes of at least 4 members (excludes halogenated alkanes) is 2. The normalized spacial score (nSPS) is 10.9. The van der Waals surface area contributed by atoms with Gasteiger partial charge in [0.05, 0.1) is 0 Å². The van der Waals surface area contributed by atoms with Crippen molar-refractivity contribution in [1.82, 2.24) is 0 Å². The Bertz CT molecular complexity index is 276. The first kappa shape index (κ1) is 10.5. The highest BCUT2D eigenvalue weighted by atomic mass is 31.0. The second kappa shape index (κ2) is 5.94. The molecule has 0 aliphatic carbocycles. The van der Waals surface area contributed by atoms with E-state index in [9.17, 15) is 0 Å². The molecule has 0 bridgehead atoms. The van der Waals surface area contributed by atoms with Crippen LogP contribution in [0.1, 0.15) is 31.7 Å². The van der Waals surface area contributed by atoms with Gasteiger partial charge in [-0.15, -0.1) is 9.24 Å². The Hall–Kier alpha value is -0.610. The SMILES string of the molecule is CCCCC=Cc1ccccc1P. The molecule has 0 fully saturated rings. The van der Waals surface area contributed by atoms with E-state index >= 15 is 0 Å². The molecule has 0 heterocycles. The number of hydrogen-bond acceptors (Lipinski definition) is 0. The van der Waals surface area contributed by atoms with Crippen molar-refractivity contribution in [3.63, 3.8) is 0 Å². The van der Waals surface area contributed by atoms with Crippen molar-refractivity contribution in [2.24, 2.45) is 0 Å². The summed E-state index contributed by atoms with van der Waals surface area (Å²) in [7, 11) is 2.76. The molecular weight excluding hydrogens is 175 g/mol. The molecule has 0 nitrogen and oxygen atoms in total. The Balaban J connectivity index is 2.53. The van der Waals surface area contributed by atoms with Crippen molar-refractivity contribution in [1.29, 1.82) is 0 Å². The predicted octanol–water partition coefficient (Wildman–Crippen LogP) is 3.39. The van der Waals surface area contributed by atoms with Gasteiger partial charge in [-0.1, -0.05) is 56.2 Å². The largest absolute Gasteiger partial charge is 0.105 e. The minimum Gasteiger partial charge on any atom is -0.105 e. The van der Waals surface area contributed by atoms with E-state index in [1.165, 1.54) is 30.1 Å². The number of benzene rings is 1. The second-order valence-corrected chi connectivity index (χ2v) is 3.80. The van der Waals surface area contributed by atoms with Gasteiger partial charge in [-0.3, -0.25) is 0 Å². The lowest BCUT2D eigenvalue weighted by atomic mass is 10.2. The Morgan fingerprint density at radius 1 is 1.31 bits per heavy atom. The summed E-state index contributed by atoms with van der Waals surface area (Å²) in [5.41, 5.74) is 1.31. The first-order valence-corrected chi connectivity index (χ1v) is 5.43. The summed E-state index contributed by atoms with van der Waals surface area (Å²) in [6, 6.07) is 8.40. The van der Waals surface area contributed by atoms with Crippen LogP contribution in [-0.2, 0) is 0 Å². The first-order chi connectivity index (χ1) is 6.34. The van der Waals surface area contributed by atoms with Gasteiger partial charge in [-0.25, -0.2) is 0 Å². The quantitative estimate of drug-likeness (QED) is 0.506. The molecule has 0 radical (unpaired) electrons. The summed E-state index contributed by atoms with van der Waals surface area (Å²) in [5, 5.41) is 1.27. The van der Waals surface area contributed by atoms with E-state index in [1.807, 2.05) is 0 Å². The van der Waals surface area contributed by atoms with Crippen molar-refractivity contribution < 1.29 is 0 Å². The Morgan fingerprint density at radius 2 is 2.08 bits per heavy atom. The fourth-order valence-corrected chi connectivity index (χ4v) is 1.50. The maximum absolute atomic E-state index is 2.76. The van der Waals surface area contributed by atoms with Crippen molar-refractivity contribution in [2.45, 2.75) is 26.2 Å². The zero-order chi connectivity index (χ0) is 9.52. The van der Waals surface area contributed by atoms with Crippen LogP contribution < -0.4 is 5.30 Å². The first-order valence-electron chi connectivity index (χ1n) is 4.85. The topological polar surface area (TPSA) is 0 Å². The van der Waals surface area contributed by atoms with Gasteiger partial charge >= 0.3 is 0 Å². The molecule has 0 amide bonds. The van der Waals surface area contributed by atoms with Crippen LogP contribution in [0.25, 0.3) is 6.08 Å². The summed E-state index contributed by atoms with van der Waals surface area (Å²) >= 11 is 0. The summed E-state index contributed by atoms with van der Waals surface area (Å²) in [6.45, 7) is 2.22. The Morgan fingerprint density at radius 3 is 2.77 bits per heavy atom. The molecule has 1 unspecified atom stereocenters. The zero-order valence-electron chi connectivity index (χ0n) is 8.16. The summed E-state index contributed by atoms with van der Waals surface area (Å²) in [4.78, 5) is 0. The van der Waals surface area contributed by atoms with E-state index in [0.717, 1.165) is 0 Å². The van der Waals surface area contributed by atoms with E-state index in [-0.39, 0.29) is 0 Å². The molecule has 0 N–H and O–H groups in total. The molecule has 70 valence electrons. The predicted molar refractivity (Wildman–Crippen MR) is 64.3 cm³/mol.